The van der Waals surface area contributed by atoms with Crippen LogP contribution >= 0.6 is 0 Å². The van der Waals surface area contributed by atoms with Crippen molar-refractivity contribution in [3.05, 3.63) is 64.2 Å². The van der Waals surface area contributed by atoms with Crippen molar-refractivity contribution in [2.24, 2.45) is 0 Å². The number of allylic oxidation sites excluding steroid dienone is 1. The fourth-order valence-electron chi connectivity index (χ4n) is 3.75. The second-order valence-corrected chi connectivity index (χ2v) is 6.78. The van der Waals surface area contributed by atoms with Crippen LogP contribution in [0.15, 0.2) is 36.4 Å². The van der Waals surface area contributed by atoms with Crippen LogP contribution in [0.2, 0.25) is 0 Å². The summed E-state index contributed by atoms with van der Waals surface area (Å²) in [5.41, 5.74) is 8.94. The smallest absolute Gasteiger partial charge is 0.228 e. The normalized spacial score (nSPS) is 15.3. The van der Waals surface area contributed by atoms with E-state index in [1.54, 1.807) is 6.92 Å². The van der Waals surface area contributed by atoms with Gasteiger partial charge in [-0.25, -0.2) is 0 Å². The Balaban J connectivity index is 1.89. The predicted octanol–water partition coefficient (Wildman–Crippen LogP) is 3.94. The monoisotopic (exact) mass is 317 g/mol. The molecule has 0 atom stereocenters. The molecule has 0 spiro atoms. The average molecular weight is 317 g/mol. The molecule has 1 N–H and O–H groups in total. The predicted molar refractivity (Wildman–Crippen MR) is 95.8 cm³/mol. The van der Waals surface area contributed by atoms with E-state index in [-0.39, 0.29) is 11.7 Å². The molecule has 1 amide bonds. The Bertz CT molecular complexity index is 921. The van der Waals surface area contributed by atoms with Gasteiger partial charge in [0.2, 0.25) is 5.91 Å². The zero-order chi connectivity index (χ0) is 16.8. The van der Waals surface area contributed by atoms with Gasteiger partial charge in [0.15, 0.2) is 0 Å². The zero-order valence-electron chi connectivity index (χ0n) is 13.9. The highest BCUT2D eigenvalue weighted by molar-refractivity contribution is 6.12. The number of aryl methyl sites for hydroxylation is 1. The van der Waals surface area contributed by atoms with E-state index >= 15 is 0 Å². The summed E-state index contributed by atoms with van der Waals surface area (Å²) < 4.78 is 0. The number of fused-ring (bicyclic) bond motifs is 4. The van der Waals surface area contributed by atoms with Gasteiger partial charge in [0.25, 0.3) is 0 Å². The van der Waals surface area contributed by atoms with Crippen LogP contribution in [0.1, 0.15) is 41.2 Å². The van der Waals surface area contributed by atoms with E-state index in [2.05, 4.69) is 36.5 Å². The van der Waals surface area contributed by atoms with E-state index in [9.17, 15) is 9.59 Å². The van der Waals surface area contributed by atoms with E-state index in [0.29, 0.717) is 12.8 Å². The molecule has 0 aromatic heterocycles. The molecule has 1 heterocycles. The Labute approximate surface area is 141 Å². The van der Waals surface area contributed by atoms with Crippen LogP contribution < -0.4 is 5.32 Å². The number of hydrogen-bond donors (Lipinski definition) is 1. The van der Waals surface area contributed by atoms with Crippen LogP contribution in [0.4, 0.5) is 5.69 Å². The lowest BCUT2D eigenvalue weighted by Gasteiger charge is -2.11. The molecule has 0 saturated heterocycles. The van der Waals surface area contributed by atoms with E-state index in [4.69, 9.17) is 0 Å². The molecule has 1 aliphatic heterocycles. The summed E-state index contributed by atoms with van der Waals surface area (Å²) in [7, 11) is 0. The number of carbonyl (C=O) groups excluding carboxylic acids is 2. The lowest BCUT2D eigenvalue weighted by atomic mass is 9.95. The van der Waals surface area contributed by atoms with E-state index in [1.165, 1.54) is 22.3 Å². The number of rotatable bonds is 2. The van der Waals surface area contributed by atoms with Crippen molar-refractivity contribution in [3.63, 3.8) is 0 Å². The number of ketones is 1. The number of hydrogen-bond acceptors (Lipinski definition) is 2. The van der Waals surface area contributed by atoms with Crippen LogP contribution in [0.5, 0.6) is 0 Å². The van der Waals surface area contributed by atoms with Gasteiger partial charge in [-0.2, -0.15) is 0 Å². The molecule has 0 saturated carbocycles. The molecule has 0 radical (unpaired) electrons. The Morgan fingerprint density at radius 3 is 2.62 bits per heavy atom. The van der Waals surface area contributed by atoms with Gasteiger partial charge < -0.3 is 5.32 Å². The first kappa shape index (κ1) is 14.9. The Morgan fingerprint density at radius 2 is 1.83 bits per heavy atom. The highest BCUT2D eigenvalue weighted by Gasteiger charge is 2.28. The highest BCUT2D eigenvalue weighted by Crippen LogP contribution is 2.44. The van der Waals surface area contributed by atoms with Gasteiger partial charge in [-0.05, 0) is 60.2 Å². The largest absolute Gasteiger partial charge is 0.325 e. The van der Waals surface area contributed by atoms with Crippen molar-refractivity contribution in [1.29, 1.82) is 0 Å². The first-order valence-corrected chi connectivity index (χ1v) is 8.26. The van der Waals surface area contributed by atoms with Gasteiger partial charge in [-0.15, -0.1) is 0 Å². The molecule has 2 aromatic rings. The van der Waals surface area contributed by atoms with Gasteiger partial charge in [0, 0.05) is 17.7 Å². The van der Waals surface area contributed by atoms with Crippen molar-refractivity contribution in [2.45, 2.75) is 33.1 Å². The van der Waals surface area contributed by atoms with E-state index in [0.717, 1.165) is 28.8 Å². The van der Waals surface area contributed by atoms with E-state index in [1.807, 2.05) is 12.1 Å². The summed E-state index contributed by atoms with van der Waals surface area (Å²) >= 11 is 0. The number of anilines is 1. The zero-order valence-corrected chi connectivity index (χ0v) is 13.9. The average Bonchev–Trinajstić information content (AvgIpc) is 2.79. The molecule has 24 heavy (non-hydrogen) atoms. The van der Waals surface area contributed by atoms with Crippen LogP contribution in [0, 0.1) is 6.92 Å². The van der Waals surface area contributed by atoms with Crippen molar-refractivity contribution in [3.8, 4) is 0 Å². The number of Topliss-reactive ketones (excluding diaryl/α,β-unsaturated/α-hetero) is 1. The van der Waals surface area contributed by atoms with Crippen LogP contribution in [0.25, 0.3) is 11.1 Å². The highest BCUT2D eigenvalue weighted by atomic mass is 16.1. The topological polar surface area (TPSA) is 46.2 Å². The molecule has 4 rings (SSSR count). The Morgan fingerprint density at radius 1 is 1.04 bits per heavy atom. The van der Waals surface area contributed by atoms with Gasteiger partial charge in [0.1, 0.15) is 5.78 Å². The molecule has 1 aliphatic carbocycles. The number of nitrogens with one attached hydrogen (secondary N) is 1. The maximum atomic E-state index is 12.3. The summed E-state index contributed by atoms with van der Waals surface area (Å²) in [5.74, 6) is 0.169. The molecule has 3 heteroatoms. The summed E-state index contributed by atoms with van der Waals surface area (Å²) in [5, 5.41) is 3.01. The van der Waals surface area contributed by atoms with Gasteiger partial charge in [-0.3, -0.25) is 9.59 Å². The van der Waals surface area contributed by atoms with Crippen molar-refractivity contribution >= 4 is 28.5 Å². The SMILES string of the molecule is CC(=O)Cc1ccc2c(c1)C1=C(CC(=O)N2)c2cc(C)ccc2C1. The number of amides is 1. The minimum Gasteiger partial charge on any atom is -0.325 e. The first-order chi connectivity index (χ1) is 11.5. The first-order valence-electron chi connectivity index (χ1n) is 8.26. The molecule has 120 valence electrons. The number of benzene rings is 2. The van der Waals surface area contributed by atoms with Crippen LogP contribution in [-0.4, -0.2) is 11.7 Å². The Hall–Kier alpha value is -2.68. The standard InChI is InChI=1S/C21H19NO2/c1-12-3-5-15-10-17-18(16(15)7-12)11-21(24)22-20-6-4-14(8-13(2)23)9-19(17)20/h3-7,9H,8,10-11H2,1-2H3,(H,22,24). The molecule has 0 unspecified atom stereocenters. The van der Waals surface area contributed by atoms with Crippen molar-refractivity contribution in [2.75, 3.05) is 5.32 Å². The minimum atomic E-state index is 0.0231. The molecule has 3 nitrogen and oxygen atoms in total. The van der Waals surface area contributed by atoms with Crippen LogP contribution in [0.3, 0.4) is 0 Å². The van der Waals surface area contributed by atoms with Crippen LogP contribution in [-0.2, 0) is 22.4 Å². The maximum Gasteiger partial charge on any atom is 0.228 e. The van der Waals surface area contributed by atoms with E-state index < -0.39 is 0 Å². The molecule has 0 bridgehead atoms. The molecular formula is C21H19NO2. The molecule has 2 aliphatic rings. The minimum absolute atomic E-state index is 0.0231. The summed E-state index contributed by atoms with van der Waals surface area (Å²) in [6, 6.07) is 12.4. The third-order valence-electron chi connectivity index (χ3n) is 4.80. The summed E-state index contributed by atoms with van der Waals surface area (Å²) in [6.07, 6.45) is 1.68. The van der Waals surface area contributed by atoms with Gasteiger partial charge in [-0.1, -0.05) is 29.8 Å². The fourth-order valence-corrected chi connectivity index (χ4v) is 3.75. The lowest BCUT2D eigenvalue weighted by Crippen LogP contribution is -2.11. The summed E-state index contributed by atoms with van der Waals surface area (Å²) in [6.45, 7) is 3.68. The third-order valence-corrected chi connectivity index (χ3v) is 4.80. The van der Waals surface area contributed by atoms with Crippen molar-refractivity contribution in [1.82, 2.24) is 0 Å². The number of carbonyl (C=O) groups is 2. The quantitative estimate of drug-likeness (QED) is 0.912. The molecule has 0 fully saturated rings. The van der Waals surface area contributed by atoms with Crippen molar-refractivity contribution < 1.29 is 9.59 Å². The second-order valence-electron chi connectivity index (χ2n) is 6.78. The molecular weight excluding hydrogens is 298 g/mol. The second kappa shape index (κ2) is 5.45. The lowest BCUT2D eigenvalue weighted by molar-refractivity contribution is -0.116. The van der Waals surface area contributed by atoms with Gasteiger partial charge in [0.05, 0.1) is 6.42 Å². The third kappa shape index (κ3) is 2.46. The maximum absolute atomic E-state index is 12.3. The van der Waals surface area contributed by atoms with Gasteiger partial charge >= 0.3 is 0 Å². The molecule has 2 aromatic carbocycles. The Kier molecular flexibility index (Phi) is 3.38. The summed E-state index contributed by atoms with van der Waals surface area (Å²) in [4.78, 5) is 23.8. The fraction of sp³-hybridized carbons (Fsp3) is 0.238.